The molecule has 0 amide bonds. The predicted octanol–water partition coefficient (Wildman–Crippen LogP) is 3.55. The van der Waals surface area contributed by atoms with Crippen LogP contribution < -0.4 is 10.2 Å². The third-order valence-electron chi connectivity index (χ3n) is 6.36. The summed E-state index contributed by atoms with van der Waals surface area (Å²) in [6.07, 6.45) is 6.25. The van der Waals surface area contributed by atoms with Gasteiger partial charge in [0.2, 0.25) is 5.95 Å². The van der Waals surface area contributed by atoms with Gasteiger partial charge in [0.15, 0.2) is 0 Å². The molecule has 7 heteroatoms. The molecule has 0 atom stereocenters. The number of aryl methyl sites for hydroxylation is 1. The topological polar surface area (TPSA) is 71.3 Å². The van der Waals surface area contributed by atoms with Crippen LogP contribution in [0, 0.1) is 18.3 Å². The molecule has 2 aliphatic heterocycles. The second-order valence-corrected chi connectivity index (χ2v) is 9.22. The number of piperidine rings is 1. The highest BCUT2D eigenvalue weighted by atomic mass is 15.4. The van der Waals surface area contributed by atoms with Crippen LogP contribution >= 0.6 is 0 Å². The number of hydrogen-bond donors (Lipinski definition) is 1. The number of aromatic nitrogens is 2. The number of anilines is 3. The zero-order valence-corrected chi connectivity index (χ0v) is 18.9. The second kappa shape index (κ2) is 9.21. The first-order valence-corrected chi connectivity index (χ1v) is 11.2. The summed E-state index contributed by atoms with van der Waals surface area (Å²) in [7, 11) is 4.14. The third-order valence-corrected chi connectivity index (χ3v) is 6.36. The summed E-state index contributed by atoms with van der Waals surface area (Å²) in [5.41, 5.74) is 3.29. The third kappa shape index (κ3) is 4.81. The summed E-state index contributed by atoms with van der Waals surface area (Å²) in [5.74, 6) is 1.57. The SMILES string of the molecule is Cc1cnc(Nc2ccc(CN(C)C)cc2)nc1N1CC(CC#N)(N2CCCCC2)C1. The quantitative estimate of drug-likeness (QED) is 0.736. The second-order valence-electron chi connectivity index (χ2n) is 9.22. The zero-order chi connectivity index (χ0) is 21.8. The highest BCUT2D eigenvalue weighted by Crippen LogP contribution is 2.37. The molecule has 2 saturated heterocycles. The van der Waals surface area contributed by atoms with Crippen molar-refractivity contribution in [2.75, 3.05) is 50.5 Å². The number of nitrogens with zero attached hydrogens (tertiary/aromatic N) is 6. The molecule has 0 radical (unpaired) electrons. The van der Waals surface area contributed by atoms with Gasteiger partial charge in [-0.25, -0.2) is 4.98 Å². The van der Waals surface area contributed by atoms with Crippen LogP contribution in [0.15, 0.2) is 30.5 Å². The van der Waals surface area contributed by atoms with E-state index in [2.05, 4.69) is 76.4 Å². The van der Waals surface area contributed by atoms with Gasteiger partial charge in [-0.15, -0.1) is 0 Å². The Bertz CT molecular complexity index is 920. The highest BCUT2D eigenvalue weighted by molar-refractivity contribution is 5.58. The highest BCUT2D eigenvalue weighted by Gasteiger charge is 2.48. The maximum atomic E-state index is 9.45. The van der Waals surface area contributed by atoms with Crippen LogP contribution in [0.5, 0.6) is 0 Å². The van der Waals surface area contributed by atoms with Crippen molar-refractivity contribution in [3.63, 3.8) is 0 Å². The normalized spacial score (nSPS) is 18.5. The Morgan fingerprint density at radius 1 is 1.13 bits per heavy atom. The van der Waals surface area contributed by atoms with Crippen LogP contribution in [0.3, 0.4) is 0 Å². The molecule has 0 aliphatic carbocycles. The summed E-state index contributed by atoms with van der Waals surface area (Å²) < 4.78 is 0. The van der Waals surface area contributed by atoms with E-state index in [4.69, 9.17) is 4.98 Å². The number of nitriles is 1. The monoisotopic (exact) mass is 419 g/mol. The van der Waals surface area contributed by atoms with Crippen LogP contribution in [0.25, 0.3) is 0 Å². The summed E-state index contributed by atoms with van der Waals surface area (Å²) in [6.45, 7) is 6.90. The molecule has 164 valence electrons. The first kappa shape index (κ1) is 21.5. The Hall–Kier alpha value is -2.69. The van der Waals surface area contributed by atoms with Gasteiger partial charge in [0, 0.05) is 37.1 Å². The van der Waals surface area contributed by atoms with Crippen molar-refractivity contribution in [3.8, 4) is 6.07 Å². The lowest BCUT2D eigenvalue weighted by molar-refractivity contribution is 0.0438. The van der Waals surface area contributed by atoms with E-state index >= 15 is 0 Å². The molecule has 0 unspecified atom stereocenters. The maximum absolute atomic E-state index is 9.45. The van der Waals surface area contributed by atoms with Crippen molar-refractivity contribution in [2.24, 2.45) is 0 Å². The fraction of sp³-hybridized carbons (Fsp3) is 0.542. The largest absolute Gasteiger partial charge is 0.352 e. The molecule has 2 fully saturated rings. The fourth-order valence-corrected chi connectivity index (χ4v) is 4.75. The van der Waals surface area contributed by atoms with Gasteiger partial charge in [-0.3, -0.25) is 4.90 Å². The minimum atomic E-state index is -0.0254. The van der Waals surface area contributed by atoms with E-state index in [0.29, 0.717) is 12.4 Å². The zero-order valence-electron chi connectivity index (χ0n) is 18.9. The molecule has 0 spiro atoms. The van der Waals surface area contributed by atoms with Gasteiger partial charge in [0.05, 0.1) is 18.0 Å². The molecule has 31 heavy (non-hydrogen) atoms. The lowest BCUT2D eigenvalue weighted by Gasteiger charge is -2.56. The average molecular weight is 420 g/mol. The molecule has 2 aliphatic rings. The minimum absolute atomic E-state index is 0.0254. The lowest BCUT2D eigenvalue weighted by Crippen LogP contribution is -2.71. The molecular weight excluding hydrogens is 386 g/mol. The summed E-state index contributed by atoms with van der Waals surface area (Å²) in [6, 6.07) is 10.8. The van der Waals surface area contributed by atoms with Gasteiger partial charge in [-0.05, 0) is 64.6 Å². The lowest BCUT2D eigenvalue weighted by atomic mass is 9.83. The molecule has 3 heterocycles. The molecule has 7 nitrogen and oxygen atoms in total. The molecule has 1 N–H and O–H groups in total. The first-order chi connectivity index (χ1) is 15.0. The van der Waals surface area contributed by atoms with E-state index in [1.165, 1.54) is 24.8 Å². The van der Waals surface area contributed by atoms with Crippen molar-refractivity contribution in [1.29, 1.82) is 5.26 Å². The van der Waals surface area contributed by atoms with Gasteiger partial charge in [0.1, 0.15) is 5.82 Å². The number of hydrogen-bond acceptors (Lipinski definition) is 7. The molecule has 0 bridgehead atoms. The minimum Gasteiger partial charge on any atom is -0.352 e. The van der Waals surface area contributed by atoms with Crippen LogP contribution in [0.2, 0.25) is 0 Å². The van der Waals surface area contributed by atoms with E-state index in [1.807, 2.05) is 6.20 Å². The first-order valence-electron chi connectivity index (χ1n) is 11.2. The standard InChI is InChI=1S/C24H33N7/c1-19-15-26-23(27-21-9-7-20(8-10-21)16-29(2)3)28-22(19)30-17-24(18-30,11-12-25)31-13-5-4-6-14-31/h7-10,15H,4-6,11,13-14,16-18H2,1-3H3,(H,26,27,28). The van der Waals surface area contributed by atoms with Crippen molar-refractivity contribution in [2.45, 2.75) is 44.7 Å². The number of nitrogens with one attached hydrogen (secondary N) is 1. The molecular formula is C24H33N7. The van der Waals surface area contributed by atoms with E-state index in [1.54, 1.807) is 0 Å². The van der Waals surface area contributed by atoms with Gasteiger partial charge in [-0.2, -0.15) is 10.2 Å². The average Bonchev–Trinajstić information content (AvgIpc) is 2.74. The van der Waals surface area contributed by atoms with Crippen molar-refractivity contribution < 1.29 is 0 Å². The molecule has 1 aromatic heterocycles. The molecule has 2 aromatic rings. The Morgan fingerprint density at radius 2 is 1.84 bits per heavy atom. The van der Waals surface area contributed by atoms with Gasteiger partial charge >= 0.3 is 0 Å². The Kier molecular flexibility index (Phi) is 6.40. The van der Waals surface area contributed by atoms with Crippen molar-refractivity contribution in [3.05, 3.63) is 41.6 Å². The van der Waals surface area contributed by atoms with E-state index < -0.39 is 0 Å². The number of benzene rings is 1. The number of likely N-dealkylation sites (tertiary alicyclic amines) is 1. The Labute approximate surface area is 185 Å². The van der Waals surface area contributed by atoms with Crippen molar-refractivity contribution in [1.82, 2.24) is 19.8 Å². The van der Waals surface area contributed by atoms with Crippen LogP contribution in [-0.2, 0) is 6.54 Å². The summed E-state index contributed by atoms with van der Waals surface area (Å²) >= 11 is 0. The maximum Gasteiger partial charge on any atom is 0.229 e. The van der Waals surface area contributed by atoms with E-state index in [9.17, 15) is 5.26 Å². The number of rotatable bonds is 7. The Balaban J connectivity index is 1.45. The fourth-order valence-electron chi connectivity index (χ4n) is 4.75. The van der Waals surface area contributed by atoms with Crippen LogP contribution in [-0.4, -0.2) is 65.6 Å². The van der Waals surface area contributed by atoms with Crippen LogP contribution in [0.4, 0.5) is 17.5 Å². The molecule has 1 aromatic carbocycles. The Morgan fingerprint density at radius 3 is 2.48 bits per heavy atom. The van der Waals surface area contributed by atoms with E-state index in [-0.39, 0.29) is 5.54 Å². The summed E-state index contributed by atoms with van der Waals surface area (Å²) in [5, 5.41) is 12.8. The van der Waals surface area contributed by atoms with Gasteiger partial charge in [-0.1, -0.05) is 18.6 Å². The van der Waals surface area contributed by atoms with Gasteiger partial charge in [0.25, 0.3) is 0 Å². The van der Waals surface area contributed by atoms with Crippen molar-refractivity contribution >= 4 is 17.5 Å². The predicted molar refractivity (Wildman–Crippen MR) is 124 cm³/mol. The smallest absolute Gasteiger partial charge is 0.229 e. The van der Waals surface area contributed by atoms with E-state index in [0.717, 1.165) is 49.8 Å². The van der Waals surface area contributed by atoms with Crippen LogP contribution in [0.1, 0.15) is 36.8 Å². The summed E-state index contributed by atoms with van der Waals surface area (Å²) in [4.78, 5) is 16.3. The molecule has 0 saturated carbocycles. The van der Waals surface area contributed by atoms with Gasteiger partial charge < -0.3 is 15.1 Å². The molecule has 4 rings (SSSR count).